The summed E-state index contributed by atoms with van der Waals surface area (Å²) in [6, 6.07) is 10.1. The topological polar surface area (TPSA) is 63.7 Å². The van der Waals surface area contributed by atoms with Crippen molar-refractivity contribution in [2.45, 2.75) is 19.8 Å². The van der Waals surface area contributed by atoms with Crippen molar-refractivity contribution in [1.29, 1.82) is 0 Å². The van der Waals surface area contributed by atoms with Crippen LogP contribution < -0.4 is 0 Å². The number of hydrogen-bond donors (Lipinski definition) is 0. The van der Waals surface area contributed by atoms with E-state index in [2.05, 4.69) is 0 Å². The van der Waals surface area contributed by atoms with E-state index in [0.29, 0.717) is 31.5 Å². The molecule has 5 nitrogen and oxygen atoms in total. The van der Waals surface area contributed by atoms with Crippen LogP contribution in [0.3, 0.4) is 0 Å². The number of likely N-dealkylation sites (tertiary alicyclic amines) is 1. The van der Waals surface area contributed by atoms with E-state index in [1.54, 1.807) is 11.0 Å². The third-order valence-corrected chi connectivity index (χ3v) is 5.08. The number of halogens is 2. The smallest absolute Gasteiger partial charge is 0.309 e. The number of nitrogens with zero attached hydrogens (tertiary/aromatic N) is 1. The van der Waals surface area contributed by atoms with Crippen LogP contribution in [0.2, 0.25) is 0 Å². The second-order valence-corrected chi connectivity index (χ2v) is 7.04. The molecule has 1 aliphatic rings. The molecule has 0 N–H and O–H groups in total. The zero-order valence-corrected chi connectivity index (χ0v) is 16.0. The largest absolute Gasteiger partial charge is 0.457 e. The van der Waals surface area contributed by atoms with Gasteiger partial charge in [0.2, 0.25) is 0 Å². The van der Waals surface area contributed by atoms with Gasteiger partial charge in [-0.05, 0) is 49.6 Å². The van der Waals surface area contributed by atoms with E-state index < -0.39 is 35.9 Å². The summed E-state index contributed by atoms with van der Waals surface area (Å²) >= 11 is 0. The average Bonchev–Trinajstić information content (AvgIpc) is 2.73. The van der Waals surface area contributed by atoms with Gasteiger partial charge in [-0.3, -0.25) is 14.4 Å². The molecule has 0 spiro atoms. The molecular weight excluding hydrogens is 380 g/mol. The number of benzene rings is 2. The molecule has 1 amide bonds. The summed E-state index contributed by atoms with van der Waals surface area (Å²) in [7, 11) is 0. The third-order valence-electron chi connectivity index (χ3n) is 5.08. The van der Waals surface area contributed by atoms with Crippen molar-refractivity contribution in [1.82, 2.24) is 4.90 Å². The van der Waals surface area contributed by atoms with E-state index in [9.17, 15) is 23.2 Å². The highest BCUT2D eigenvalue weighted by Crippen LogP contribution is 2.21. The SMILES string of the molecule is Cc1ccccc1C(=O)N1CCC(C(=O)OCC(=O)c2ccc(F)c(F)c2)CC1. The fourth-order valence-corrected chi connectivity index (χ4v) is 3.31. The number of carbonyl (C=O) groups excluding carboxylic acids is 3. The van der Waals surface area contributed by atoms with E-state index in [1.165, 1.54) is 0 Å². The van der Waals surface area contributed by atoms with Gasteiger partial charge in [-0.2, -0.15) is 0 Å². The van der Waals surface area contributed by atoms with Crippen molar-refractivity contribution < 1.29 is 27.9 Å². The Morgan fingerprint density at radius 3 is 2.38 bits per heavy atom. The van der Waals surface area contributed by atoms with Crippen LogP contribution in [0.5, 0.6) is 0 Å². The van der Waals surface area contributed by atoms with Crippen LogP contribution in [0.4, 0.5) is 8.78 Å². The van der Waals surface area contributed by atoms with E-state index in [1.807, 2.05) is 25.1 Å². The lowest BCUT2D eigenvalue weighted by Crippen LogP contribution is -2.41. The Hall–Kier alpha value is -3.09. The van der Waals surface area contributed by atoms with Crippen molar-refractivity contribution >= 4 is 17.7 Å². The summed E-state index contributed by atoms with van der Waals surface area (Å²) in [6.45, 7) is 2.18. The van der Waals surface area contributed by atoms with Gasteiger partial charge in [-0.15, -0.1) is 0 Å². The Bertz CT molecular complexity index is 936. The van der Waals surface area contributed by atoms with Gasteiger partial charge in [0.15, 0.2) is 24.0 Å². The molecule has 0 saturated carbocycles. The molecule has 152 valence electrons. The lowest BCUT2D eigenvalue weighted by molar-refractivity contribution is -0.148. The monoisotopic (exact) mass is 401 g/mol. The normalized spacial score (nSPS) is 14.5. The molecule has 0 aromatic heterocycles. The van der Waals surface area contributed by atoms with Gasteiger partial charge < -0.3 is 9.64 Å². The van der Waals surface area contributed by atoms with E-state index >= 15 is 0 Å². The van der Waals surface area contributed by atoms with Crippen molar-refractivity contribution in [3.63, 3.8) is 0 Å². The highest BCUT2D eigenvalue weighted by molar-refractivity contribution is 5.98. The van der Waals surface area contributed by atoms with Gasteiger partial charge in [0.1, 0.15) is 0 Å². The Labute approximate surface area is 167 Å². The second kappa shape index (κ2) is 8.94. The number of piperidine rings is 1. The summed E-state index contributed by atoms with van der Waals surface area (Å²) < 4.78 is 31.2. The molecule has 1 fully saturated rings. The summed E-state index contributed by atoms with van der Waals surface area (Å²) in [5.41, 5.74) is 1.48. The third kappa shape index (κ3) is 4.85. The Kier molecular flexibility index (Phi) is 6.36. The number of carbonyl (C=O) groups is 3. The first-order valence-corrected chi connectivity index (χ1v) is 9.36. The Morgan fingerprint density at radius 1 is 1.03 bits per heavy atom. The number of Topliss-reactive ketones (excluding diaryl/α,β-unsaturated/α-hetero) is 1. The van der Waals surface area contributed by atoms with Crippen molar-refractivity contribution in [2.75, 3.05) is 19.7 Å². The Balaban J connectivity index is 1.50. The van der Waals surface area contributed by atoms with Gasteiger partial charge in [0, 0.05) is 24.2 Å². The predicted molar refractivity (Wildman–Crippen MR) is 101 cm³/mol. The van der Waals surface area contributed by atoms with Gasteiger partial charge in [0.25, 0.3) is 5.91 Å². The van der Waals surface area contributed by atoms with Crippen LogP contribution >= 0.6 is 0 Å². The molecule has 2 aromatic rings. The minimum Gasteiger partial charge on any atom is -0.457 e. The lowest BCUT2D eigenvalue weighted by Gasteiger charge is -2.31. The number of rotatable bonds is 5. The van der Waals surface area contributed by atoms with Crippen LogP contribution in [0.25, 0.3) is 0 Å². The Morgan fingerprint density at radius 2 is 1.72 bits per heavy atom. The highest BCUT2D eigenvalue weighted by Gasteiger charge is 2.29. The quantitative estimate of drug-likeness (QED) is 0.568. The molecule has 3 rings (SSSR count). The lowest BCUT2D eigenvalue weighted by atomic mass is 9.96. The summed E-state index contributed by atoms with van der Waals surface area (Å²) in [6.07, 6.45) is 0.881. The first-order valence-electron chi connectivity index (χ1n) is 9.36. The number of ketones is 1. The summed E-state index contributed by atoms with van der Waals surface area (Å²) in [5, 5.41) is 0. The molecular formula is C22H21F2NO4. The molecule has 0 bridgehead atoms. The maximum absolute atomic E-state index is 13.2. The van der Waals surface area contributed by atoms with Crippen LogP contribution in [0.15, 0.2) is 42.5 Å². The standard InChI is InChI=1S/C22H21F2NO4/c1-14-4-2-3-5-17(14)21(27)25-10-8-15(9-11-25)22(28)29-13-20(26)16-6-7-18(23)19(24)12-16/h2-7,12,15H,8-11,13H2,1H3. The minimum atomic E-state index is -1.13. The first-order chi connectivity index (χ1) is 13.9. The molecule has 0 unspecified atom stereocenters. The molecule has 1 heterocycles. The van der Waals surface area contributed by atoms with Crippen LogP contribution in [-0.2, 0) is 9.53 Å². The van der Waals surface area contributed by atoms with Crippen LogP contribution in [-0.4, -0.2) is 42.3 Å². The van der Waals surface area contributed by atoms with E-state index in [-0.39, 0.29) is 11.5 Å². The fraction of sp³-hybridized carbons (Fsp3) is 0.318. The maximum atomic E-state index is 13.2. The van der Waals surface area contributed by atoms with Gasteiger partial charge in [0.05, 0.1) is 5.92 Å². The number of esters is 1. The molecule has 2 aromatic carbocycles. The molecule has 0 aliphatic carbocycles. The fourth-order valence-electron chi connectivity index (χ4n) is 3.31. The van der Waals surface area contributed by atoms with Gasteiger partial charge in [-0.1, -0.05) is 18.2 Å². The molecule has 29 heavy (non-hydrogen) atoms. The summed E-state index contributed by atoms with van der Waals surface area (Å²) in [4.78, 5) is 38.6. The zero-order chi connectivity index (χ0) is 21.0. The molecule has 1 aliphatic heterocycles. The number of amides is 1. The molecule has 7 heteroatoms. The van der Waals surface area contributed by atoms with E-state index in [0.717, 1.165) is 23.8 Å². The molecule has 0 atom stereocenters. The van der Waals surface area contributed by atoms with Crippen molar-refractivity contribution in [2.24, 2.45) is 5.92 Å². The number of hydrogen-bond acceptors (Lipinski definition) is 4. The van der Waals surface area contributed by atoms with Gasteiger partial charge >= 0.3 is 5.97 Å². The second-order valence-electron chi connectivity index (χ2n) is 7.04. The average molecular weight is 401 g/mol. The minimum absolute atomic E-state index is 0.0599. The van der Waals surface area contributed by atoms with Crippen molar-refractivity contribution in [3.8, 4) is 0 Å². The predicted octanol–water partition coefficient (Wildman–Crippen LogP) is 3.55. The maximum Gasteiger partial charge on any atom is 0.309 e. The molecule has 1 saturated heterocycles. The molecule has 0 radical (unpaired) electrons. The van der Waals surface area contributed by atoms with E-state index in [4.69, 9.17) is 4.74 Å². The van der Waals surface area contributed by atoms with Crippen LogP contribution in [0, 0.1) is 24.5 Å². The number of aryl methyl sites for hydroxylation is 1. The van der Waals surface area contributed by atoms with Crippen molar-refractivity contribution in [3.05, 3.63) is 70.8 Å². The first kappa shape index (κ1) is 20.6. The number of ether oxygens (including phenoxy) is 1. The summed E-state index contributed by atoms with van der Waals surface area (Å²) in [5.74, 6) is -3.79. The van der Waals surface area contributed by atoms with Gasteiger partial charge in [-0.25, -0.2) is 8.78 Å². The highest BCUT2D eigenvalue weighted by atomic mass is 19.2. The zero-order valence-electron chi connectivity index (χ0n) is 16.0. The van der Waals surface area contributed by atoms with Crippen LogP contribution in [0.1, 0.15) is 39.1 Å².